The minimum atomic E-state index is -0.405. The van der Waals surface area contributed by atoms with Crippen LogP contribution in [0.5, 0.6) is 0 Å². The summed E-state index contributed by atoms with van der Waals surface area (Å²) < 4.78 is 1.55. The Balaban J connectivity index is 1.77. The number of nitrogen functional groups attached to an aromatic ring is 1. The molecule has 1 aliphatic carbocycles. The Morgan fingerprint density at radius 3 is 2.74 bits per heavy atom. The van der Waals surface area contributed by atoms with Gasteiger partial charge < -0.3 is 11.1 Å². The number of rotatable bonds is 5. The Morgan fingerprint density at radius 1 is 1.24 bits per heavy atom. The highest BCUT2D eigenvalue weighted by Crippen LogP contribution is 2.43. The van der Waals surface area contributed by atoms with Gasteiger partial charge >= 0.3 is 0 Å². The zero-order valence-corrected chi connectivity index (χ0v) is 19.3. The lowest BCUT2D eigenvalue weighted by Crippen LogP contribution is -2.30. The number of hydrogen-bond acceptors (Lipinski definition) is 8. The molecule has 1 atom stereocenters. The van der Waals surface area contributed by atoms with Crippen LogP contribution in [0.4, 0.5) is 11.6 Å². The van der Waals surface area contributed by atoms with Gasteiger partial charge in [-0.25, -0.2) is 15.0 Å². The van der Waals surface area contributed by atoms with Crippen molar-refractivity contribution < 1.29 is 0 Å². The first-order valence-corrected chi connectivity index (χ1v) is 11.2. The van der Waals surface area contributed by atoms with Gasteiger partial charge in [0.25, 0.3) is 5.56 Å². The van der Waals surface area contributed by atoms with E-state index in [1.807, 2.05) is 13.0 Å². The molecule has 0 spiro atoms. The van der Waals surface area contributed by atoms with Crippen LogP contribution in [-0.2, 0) is 0 Å². The minimum absolute atomic E-state index is 0.102. The molecular formula is C24H21ClN8O. The monoisotopic (exact) mass is 472 g/mol. The summed E-state index contributed by atoms with van der Waals surface area (Å²) in [5.41, 5.74) is 7.83. The Bertz CT molecular complexity index is 1540. The van der Waals surface area contributed by atoms with Gasteiger partial charge in [-0.15, -0.1) is 0 Å². The van der Waals surface area contributed by atoms with Crippen LogP contribution in [0.3, 0.4) is 0 Å². The Hall–Kier alpha value is -4.03. The zero-order valence-electron chi connectivity index (χ0n) is 18.6. The summed E-state index contributed by atoms with van der Waals surface area (Å²) >= 11 is 6.41. The number of nitrogens with one attached hydrogen (secondary N) is 1. The van der Waals surface area contributed by atoms with Crippen LogP contribution < -0.4 is 16.6 Å². The largest absolute Gasteiger partial charge is 0.382 e. The molecule has 10 heteroatoms. The van der Waals surface area contributed by atoms with Gasteiger partial charge in [-0.1, -0.05) is 17.7 Å². The lowest BCUT2D eigenvalue weighted by molar-refractivity contribution is 0.608. The first kappa shape index (κ1) is 21.8. The number of aryl methyl sites for hydroxylation is 2. The summed E-state index contributed by atoms with van der Waals surface area (Å²) in [7, 11) is 0. The normalized spacial score (nSPS) is 14.1. The summed E-state index contributed by atoms with van der Waals surface area (Å²) in [6.45, 7) is 3.62. The highest BCUT2D eigenvalue weighted by molar-refractivity contribution is 6.35. The number of hydrogen-bond donors (Lipinski definition) is 2. The third-order valence-corrected chi connectivity index (χ3v) is 6.13. The van der Waals surface area contributed by atoms with E-state index < -0.39 is 6.04 Å². The van der Waals surface area contributed by atoms with Crippen LogP contribution in [0.15, 0.2) is 41.5 Å². The van der Waals surface area contributed by atoms with Gasteiger partial charge in [0.05, 0.1) is 33.9 Å². The van der Waals surface area contributed by atoms with E-state index in [9.17, 15) is 10.1 Å². The smallest absolute Gasteiger partial charge is 0.267 e. The van der Waals surface area contributed by atoms with Gasteiger partial charge in [-0.3, -0.25) is 14.3 Å². The second-order valence-electron chi connectivity index (χ2n) is 8.42. The molecule has 4 aromatic rings. The highest BCUT2D eigenvalue weighted by Gasteiger charge is 2.37. The van der Waals surface area contributed by atoms with E-state index in [0.29, 0.717) is 39.1 Å². The van der Waals surface area contributed by atoms with Crippen LogP contribution in [0.2, 0.25) is 5.02 Å². The lowest BCUT2D eigenvalue weighted by Gasteiger charge is -2.24. The maximum atomic E-state index is 13.8. The second kappa shape index (κ2) is 8.39. The molecule has 1 aromatic carbocycles. The van der Waals surface area contributed by atoms with Gasteiger partial charge in [-0.05, 0) is 56.4 Å². The molecule has 1 saturated carbocycles. The van der Waals surface area contributed by atoms with Crippen molar-refractivity contribution in [1.82, 2.24) is 24.5 Å². The topological polar surface area (TPSA) is 135 Å². The third-order valence-electron chi connectivity index (χ3n) is 5.82. The summed E-state index contributed by atoms with van der Waals surface area (Å²) in [5, 5.41) is 13.7. The molecule has 0 aliphatic heterocycles. The maximum absolute atomic E-state index is 13.8. The molecule has 0 unspecified atom stereocenters. The van der Waals surface area contributed by atoms with E-state index >= 15 is 0 Å². The lowest BCUT2D eigenvalue weighted by atomic mass is 10.1. The molecule has 34 heavy (non-hydrogen) atoms. The van der Waals surface area contributed by atoms with Gasteiger partial charge in [0.2, 0.25) is 0 Å². The fourth-order valence-electron chi connectivity index (χ4n) is 4.11. The highest BCUT2D eigenvalue weighted by atomic mass is 35.5. The fraction of sp³-hybridized carbons (Fsp3) is 0.250. The predicted molar refractivity (Wildman–Crippen MR) is 130 cm³/mol. The Morgan fingerprint density at radius 2 is 2.03 bits per heavy atom. The van der Waals surface area contributed by atoms with Crippen molar-refractivity contribution in [1.29, 1.82) is 5.26 Å². The number of aromatic nitrogens is 5. The molecule has 1 aliphatic rings. The molecule has 3 aromatic heterocycles. The number of benzene rings is 1. The van der Waals surface area contributed by atoms with Crippen LogP contribution in [-0.4, -0.2) is 24.5 Å². The van der Waals surface area contributed by atoms with E-state index in [4.69, 9.17) is 22.3 Å². The minimum Gasteiger partial charge on any atom is -0.382 e. The zero-order chi connectivity index (χ0) is 24.0. The number of halogens is 1. The van der Waals surface area contributed by atoms with Crippen molar-refractivity contribution in [2.24, 2.45) is 5.92 Å². The molecule has 1 fully saturated rings. The predicted octanol–water partition coefficient (Wildman–Crippen LogP) is 3.86. The quantitative estimate of drug-likeness (QED) is 0.447. The average molecular weight is 473 g/mol. The van der Waals surface area contributed by atoms with E-state index in [1.54, 1.807) is 42.1 Å². The van der Waals surface area contributed by atoms with Crippen molar-refractivity contribution in [2.45, 2.75) is 32.7 Å². The number of nitrogens with zero attached hydrogens (tertiary/aromatic N) is 6. The molecule has 3 heterocycles. The molecule has 0 saturated heterocycles. The summed E-state index contributed by atoms with van der Waals surface area (Å²) in [5.74, 6) is 1.54. The number of anilines is 2. The first-order valence-electron chi connectivity index (χ1n) is 10.8. The average Bonchev–Trinajstić information content (AvgIpc) is 3.62. The third kappa shape index (κ3) is 3.82. The fourth-order valence-corrected chi connectivity index (χ4v) is 4.36. The molecule has 9 nitrogen and oxygen atoms in total. The summed E-state index contributed by atoms with van der Waals surface area (Å²) in [6.07, 6.45) is 5.22. The number of nitriles is 1. The second-order valence-corrected chi connectivity index (χ2v) is 8.82. The van der Waals surface area contributed by atoms with Crippen LogP contribution in [0.25, 0.3) is 16.6 Å². The van der Waals surface area contributed by atoms with Crippen molar-refractivity contribution >= 4 is 34.1 Å². The van der Waals surface area contributed by atoms with E-state index in [1.165, 1.54) is 0 Å². The van der Waals surface area contributed by atoms with Gasteiger partial charge in [-0.2, -0.15) is 5.26 Å². The van der Waals surface area contributed by atoms with Crippen LogP contribution in [0, 0.1) is 31.1 Å². The molecule has 170 valence electrons. The maximum Gasteiger partial charge on any atom is 0.267 e. The first-order chi connectivity index (χ1) is 16.4. The molecule has 5 rings (SSSR count). The number of nitrogens with two attached hydrogens (primary N) is 1. The van der Waals surface area contributed by atoms with Crippen LogP contribution >= 0.6 is 11.6 Å². The molecular weight excluding hydrogens is 452 g/mol. The molecule has 0 amide bonds. The van der Waals surface area contributed by atoms with Crippen molar-refractivity contribution in [2.75, 3.05) is 11.1 Å². The van der Waals surface area contributed by atoms with Crippen molar-refractivity contribution in [3.8, 4) is 11.8 Å². The van der Waals surface area contributed by atoms with Crippen molar-refractivity contribution in [3.63, 3.8) is 0 Å². The number of fused-ring (bicyclic) bond motifs is 1. The van der Waals surface area contributed by atoms with Gasteiger partial charge in [0.15, 0.2) is 5.82 Å². The van der Waals surface area contributed by atoms with E-state index in [0.717, 1.165) is 18.4 Å². The van der Waals surface area contributed by atoms with Crippen LogP contribution in [0.1, 0.15) is 41.7 Å². The molecule has 3 N–H and O–H groups in total. The summed E-state index contributed by atoms with van der Waals surface area (Å²) in [6, 6.07) is 8.76. The standard InChI is InChI=1S/C24H21ClN8O/c1-12-8-15(11-28-10-12)33-23(31-18-5-3-4-17(25)19(18)24(33)34)20(14-6-7-14)32-22-16(9-26)21(27)29-13(2)30-22/h3-5,8,10-11,14,20H,6-7H2,1-2H3,(H3,27,29,30,32)/t20-/m0/s1. The Kier molecular flexibility index (Phi) is 5.38. The van der Waals surface area contributed by atoms with Crippen molar-refractivity contribution in [3.05, 3.63) is 74.8 Å². The SMILES string of the molecule is Cc1cncc(-n2c([C@@H](Nc3nc(C)nc(N)c3C#N)C3CC3)nc3cccc(Cl)c3c2=O)c1. The van der Waals surface area contributed by atoms with E-state index in [-0.39, 0.29) is 22.9 Å². The molecule has 0 radical (unpaired) electrons. The van der Waals surface area contributed by atoms with E-state index in [2.05, 4.69) is 26.3 Å². The van der Waals surface area contributed by atoms with Gasteiger partial charge in [0.1, 0.15) is 29.1 Å². The molecule has 0 bridgehead atoms. The number of pyridine rings is 1. The Labute approximate surface area is 200 Å². The summed E-state index contributed by atoms with van der Waals surface area (Å²) in [4.78, 5) is 31.5. The van der Waals surface area contributed by atoms with Gasteiger partial charge in [0, 0.05) is 6.20 Å².